The van der Waals surface area contributed by atoms with Gasteiger partial charge in [0.05, 0.1) is 0 Å². The maximum Gasteiger partial charge on any atom is 0.326 e. The predicted octanol–water partition coefficient (Wildman–Crippen LogP) is 1.13. The predicted molar refractivity (Wildman–Crippen MR) is 75.2 cm³/mol. The molecule has 3 N–H and O–H groups in total. The highest BCUT2D eigenvalue weighted by atomic mass is 16.4. The minimum Gasteiger partial charge on any atom is -0.480 e. The van der Waals surface area contributed by atoms with E-state index in [0.717, 1.165) is 13.0 Å². The second-order valence-corrected chi connectivity index (χ2v) is 5.39. The lowest BCUT2D eigenvalue weighted by atomic mass is 10.1. The number of hydrogen-bond acceptors (Lipinski definition) is 3. The molecule has 0 aromatic carbocycles. The number of nitrogens with one attached hydrogen (secondary N) is 2. The summed E-state index contributed by atoms with van der Waals surface area (Å²) in [6.45, 7) is 9.17. The van der Waals surface area contributed by atoms with E-state index in [0.29, 0.717) is 12.6 Å². The lowest BCUT2D eigenvalue weighted by Crippen LogP contribution is -2.49. The second-order valence-electron chi connectivity index (χ2n) is 5.39. The van der Waals surface area contributed by atoms with E-state index in [4.69, 9.17) is 5.11 Å². The van der Waals surface area contributed by atoms with E-state index in [1.807, 2.05) is 7.05 Å². The van der Waals surface area contributed by atoms with Crippen molar-refractivity contribution >= 4 is 12.0 Å². The molecule has 0 fully saturated rings. The van der Waals surface area contributed by atoms with Crippen LogP contribution in [0, 0.1) is 5.92 Å². The number of urea groups is 1. The van der Waals surface area contributed by atoms with Gasteiger partial charge < -0.3 is 20.6 Å². The smallest absolute Gasteiger partial charge is 0.326 e. The van der Waals surface area contributed by atoms with Gasteiger partial charge in [-0.2, -0.15) is 0 Å². The van der Waals surface area contributed by atoms with Crippen molar-refractivity contribution in [2.75, 3.05) is 20.1 Å². The molecule has 6 heteroatoms. The molecule has 0 aliphatic carbocycles. The van der Waals surface area contributed by atoms with Crippen molar-refractivity contribution in [3.8, 4) is 0 Å². The molecular formula is C13H27N3O3. The molecule has 0 spiro atoms. The van der Waals surface area contributed by atoms with Gasteiger partial charge in [0.25, 0.3) is 0 Å². The molecule has 0 aromatic heterocycles. The Kier molecular flexibility index (Phi) is 8.14. The molecule has 0 bridgehead atoms. The second kappa shape index (κ2) is 8.74. The number of nitrogens with zero attached hydrogens (tertiary/aromatic N) is 1. The molecule has 0 saturated carbocycles. The summed E-state index contributed by atoms with van der Waals surface area (Å²) in [4.78, 5) is 24.7. The van der Waals surface area contributed by atoms with Crippen molar-refractivity contribution in [3.05, 3.63) is 0 Å². The van der Waals surface area contributed by atoms with Crippen molar-refractivity contribution in [2.45, 2.75) is 46.2 Å². The van der Waals surface area contributed by atoms with E-state index >= 15 is 0 Å². The fourth-order valence-corrected chi connectivity index (χ4v) is 1.49. The minimum atomic E-state index is -1.01. The van der Waals surface area contributed by atoms with Gasteiger partial charge in [-0.25, -0.2) is 9.59 Å². The highest BCUT2D eigenvalue weighted by Gasteiger charge is 2.22. The lowest BCUT2D eigenvalue weighted by Gasteiger charge is -2.21. The first-order chi connectivity index (χ1) is 8.75. The Morgan fingerprint density at radius 2 is 1.79 bits per heavy atom. The quantitative estimate of drug-likeness (QED) is 0.579. The Bertz CT molecular complexity index is 293. The first-order valence-electron chi connectivity index (χ1n) is 6.73. The third-order valence-electron chi connectivity index (χ3n) is 3.07. The summed E-state index contributed by atoms with van der Waals surface area (Å²) in [6.07, 6.45) is 0.835. The highest BCUT2D eigenvalue weighted by molar-refractivity contribution is 5.82. The summed E-state index contributed by atoms with van der Waals surface area (Å²) in [5.41, 5.74) is 0. The van der Waals surface area contributed by atoms with Crippen LogP contribution in [0.5, 0.6) is 0 Å². The SMILES string of the molecule is CC(C)[C@@H](NC(=O)NCCCN(C)C(C)C)C(=O)O. The van der Waals surface area contributed by atoms with Crippen LogP contribution in [0.15, 0.2) is 0 Å². The lowest BCUT2D eigenvalue weighted by molar-refractivity contribution is -0.140. The molecule has 19 heavy (non-hydrogen) atoms. The van der Waals surface area contributed by atoms with Crippen LogP contribution >= 0.6 is 0 Å². The van der Waals surface area contributed by atoms with Crippen molar-refractivity contribution in [3.63, 3.8) is 0 Å². The fraction of sp³-hybridized carbons (Fsp3) is 0.846. The third-order valence-corrected chi connectivity index (χ3v) is 3.07. The number of carbonyl (C=O) groups is 2. The van der Waals surface area contributed by atoms with E-state index in [1.54, 1.807) is 13.8 Å². The monoisotopic (exact) mass is 273 g/mol. The Balaban J connectivity index is 3.90. The summed E-state index contributed by atoms with van der Waals surface area (Å²) in [5.74, 6) is -1.15. The number of aliphatic carboxylic acids is 1. The minimum absolute atomic E-state index is 0.143. The first-order valence-corrected chi connectivity index (χ1v) is 6.73. The molecule has 0 rings (SSSR count). The van der Waals surface area contributed by atoms with Gasteiger partial charge in [-0.1, -0.05) is 13.8 Å². The summed E-state index contributed by atoms with van der Waals surface area (Å²) in [7, 11) is 2.03. The summed E-state index contributed by atoms with van der Waals surface area (Å²) in [6, 6.07) is -0.794. The van der Waals surface area contributed by atoms with Crippen molar-refractivity contribution in [1.82, 2.24) is 15.5 Å². The Hall–Kier alpha value is -1.30. The van der Waals surface area contributed by atoms with Crippen LogP contribution in [0.2, 0.25) is 0 Å². The largest absolute Gasteiger partial charge is 0.480 e. The van der Waals surface area contributed by atoms with Crippen LogP contribution in [0.1, 0.15) is 34.1 Å². The average molecular weight is 273 g/mol. The summed E-state index contributed by atoms with van der Waals surface area (Å²) < 4.78 is 0. The Labute approximate surface area is 115 Å². The van der Waals surface area contributed by atoms with Crippen LogP contribution in [0.4, 0.5) is 4.79 Å². The number of carboxylic acids is 1. The molecule has 0 radical (unpaired) electrons. The third kappa shape index (κ3) is 7.66. The van der Waals surface area contributed by atoms with Gasteiger partial charge >= 0.3 is 12.0 Å². The summed E-state index contributed by atoms with van der Waals surface area (Å²) in [5, 5.41) is 14.1. The number of amides is 2. The maximum atomic E-state index is 11.5. The van der Waals surface area contributed by atoms with Crippen LogP contribution in [0.25, 0.3) is 0 Å². The van der Waals surface area contributed by atoms with Crippen LogP contribution in [-0.2, 0) is 4.79 Å². The number of rotatable bonds is 8. The van der Waals surface area contributed by atoms with Gasteiger partial charge in [0, 0.05) is 12.6 Å². The van der Waals surface area contributed by atoms with Gasteiger partial charge in [-0.3, -0.25) is 0 Å². The molecule has 0 saturated heterocycles. The summed E-state index contributed by atoms with van der Waals surface area (Å²) >= 11 is 0. The van der Waals surface area contributed by atoms with Crippen LogP contribution < -0.4 is 10.6 Å². The van der Waals surface area contributed by atoms with E-state index in [-0.39, 0.29) is 5.92 Å². The van der Waals surface area contributed by atoms with Gasteiger partial charge in [0.2, 0.25) is 0 Å². The van der Waals surface area contributed by atoms with E-state index in [1.165, 1.54) is 0 Å². The Morgan fingerprint density at radius 3 is 2.21 bits per heavy atom. The van der Waals surface area contributed by atoms with E-state index in [9.17, 15) is 9.59 Å². The zero-order valence-corrected chi connectivity index (χ0v) is 12.6. The van der Waals surface area contributed by atoms with Gasteiger partial charge in [-0.05, 0) is 39.8 Å². The van der Waals surface area contributed by atoms with Gasteiger partial charge in [0.15, 0.2) is 0 Å². The number of carboxylic acid groups (broad SMARTS) is 1. The van der Waals surface area contributed by atoms with E-state index < -0.39 is 18.0 Å². The molecule has 0 heterocycles. The topological polar surface area (TPSA) is 81.7 Å². The van der Waals surface area contributed by atoms with Gasteiger partial charge in [-0.15, -0.1) is 0 Å². The zero-order chi connectivity index (χ0) is 15.0. The molecule has 0 aliphatic rings. The molecule has 0 aliphatic heterocycles. The first kappa shape index (κ1) is 17.7. The molecule has 6 nitrogen and oxygen atoms in total. The highest BCUT2D eigenvalue weighted by Crippen LogP contribution is 2.01. The fourth-order valence-electron chi connectivity index (χ4n) is 1.49. The molecule has 1 atom stereocenters. The standard InChI is InChI=1S/C13H27N3O3/c1-9(2)11(12(17)18)15-13(19)14-7-6-8-16(5)10(3)4/h9-11H,6-8H2,1-5H3,(H,17,18)(H2,14,15,19)/t11-/m1/s1. The molecule has 2 amide bonds. The normalized spacial score (nSPS) is 12.8. The molecule has 0 unspecified atom stereocenters. The Morgan fingerprint density at radius 1 is 1.21 bits per heavy atom. The zero-order valence-electron chi connectivity index (χ0n) is 12.6. The van der Waals surface area contributed by atoms with E-state index in [2.05, 4.69) is 29.4 Å². The van der Waals surface area contributed by atoms with Crippen LogP contribution in [-0.4, -0.2) is 54.2 Å². The number of hydrogen-bond donors (Lipinski definition) is 3. The van der Waals surface area contributed by atoms with Crippen molar-refractivity contribution in [1.29, 1.82) is 0 Å². The maximum absolute atomic E-state index is 11.5. The average Bonchev–Trinajstić information content (AvgIpc) is 2.30. The molecular weight excluding hydrogens is 246 g/mol. The number of carbonyl (C=O) groups excluding carboxylic acids is 1. The van der Waals surface area contributed by atoms with Crippen LogP contribution in [0.3, 0.4) is 0 Å². The molecule has 112 valence electrons. The van der Waals surface area contributed by atoms with Crippen molar-refractivity contribution in [2.24, 2.45) is 5.92 Å². The van der Waals surface area contributed by atoms with Crippen molar-refractivity contribution < 1.29 is 14.7 Å². The van der Waals surface area contributed by atoms with Gasteiger partial charge in [0.1, 0.15) is 6.04 Å². The molecule has 0 aromatic rings.